The van der Waals surface area contributed by atoms with Crippen LogP contribution in [0.25, 0.3) is 0 Å². The number of benzene rings is 1. The summed E-state index contributed by atoms with van der Waals surface area (Å²) in [4.78, 5) is 39.7. The van der Waals surface area contributed by atoms with Crippen LogP contribution in [0.1, 0.15) is 26.2 Å². The molecule has 26 heavy (non-hydrogen) atoms. The molecule has 6 nitrogen and oxygen atoms in total. The first-order valence-corrected chi connectivity index (χ1v) is 8.65. The van der Waals surface area contributed by atoms with Crippen molar-refractivity contribution in [3.63, 3.8) is 0 Å². The maximum absolute atomic E-state index is 13.5. The van der Waals surface area contributed by atoms with Crippen LogP contribution in [0.2, 0.25) is 0 Å². The lowest BCUT2D eigenvalue weighted by molar-refractivity contribution is -0.150. The Morgan fingerprint density at radius 3 is 2.73 bits per heavy atom. The minimum Gasteiger partial charge on any atom is -0.466 e. The molecule has 2 heterocycles. The van der Waals surface area contributed by atoms with Gasteiger partial charge in [-0.3, -0.25) is 19.3 Å². The molecule has 140 valence electrons. The van der Waals surface area contributed by atoms with Crippen molar-refractivity contribution in [3.05, 3.63) is 29.8 Å². The number of esters is 1. The molecule has 1 aromatic rings. The van der Waals surface area contributed by atoms with Gasteiger partial charge in [0.2, 0.25) is 5.91 Å². The Morgan fingerprint density at radius 1 is 1.27 bits per heavy atom. The summed E-state index contributed by atoms with van der Waals surface area (Å²) in [7, 11) is 0. The highest BCUT2D eigenvalue weighted by molar-refractivity contribution is 6.22. The van der Waals surface area contributed by atoms with E-state index in [1.54, 1.807) is 6.92 Å². The Labute approximate surface area is 149 Å². The van der Waals surface area contributed by atoms with Gasteiger partial charge in [-0.1, -0.05) is 0 Å². The van der Waals surface area contributed by atoms with E-state index >= 15 is 0 Å². The zero-order valence-electron chi connectivity index (χ0n) is 14.4. The number of halogens is 2. The Hall–Kier alpha value is -2.35. The molecule has 8 heteroatoms. The van der Waals surface area contributed by atoms with Gasteiger partial charge in [0.05, 0.1) is 30.7 Å². The van der Waals surface area contributed by atoms with E-state index in [1.165, 1.54) is 6.07 Å². The summed E-state index contributed by atoms with van der Waals surface area (Å²) in [6, 6.07) is 2.23. The van der Waals surface area contributed by atoms with E-state index in [0.29, 0.717) is 32.5 Å². The van der Waals surface area contributed by atoms with Crippen LogP contribution in [0.15, 0.2) is 18.2 Å². The van der Waals surface area contributed by atoms with E-state index in [1.807, 2.05) is 4.90 Å². The Balaban J connectivity index is 1.75. The quantitative estimate of drug-likeness (QED) is 0.601. The first-order valence-electron chi connectivity index (χ1n) is 8.65. The largest absolute Gasteiger partial charge is 0.466 e. The number of rotatable bonds is 4. The summed E-state index contributed by atoms with van der Waals surface area (Å²) < 4.78 is 31.6. The zero-order chi connectivity index (χ0) is 18.8. The summed E-state index contributed by atoms with van der Waals surface area (Å²) >= 11 is 0. The molecular weight excluding hydrogens is 346 g/mol. The average molecular weight is 366 g/mol. The van der Waals surface area contributed by atoms with Crippen LogP contribution in [0.5, 0.6) is 0 Å². The fourth-order valence-electron chi connectivity index (χ4n) is 3.54. The number of imide groups is 1. The number of hydrogen-bond acceptors (Lipinski definition) is 5. The average Bonchev–Trinajstić information content (AvgIpc) is 2.92. The van der Waals surface area contributed by atoms with Crippen molar-refractivity contribution in [2.45, 2.75) is 32.2 Å². The number of carbonyl (C=O) groups is 3. The van der Waals surface area contributed by atoms with Crippen molar-refractivity contribution < 1.29 is 27.9 Å². The predicted molar refractivity (Wildman–Crippen MR) is 88.2 cm³/mol. The van der Waals surface area contributed by atoms with Crippen LogP contribution in [-0.2, 0) is 19.1 Å². The molecule has 0 N–H and O–H groups in total. The SMILES string of the molecule is CCOC(=O)[C@H]1CCCN([C@H]2CC(=O)N(c3ccc(F)c(F)c3)C2=O)C1. The van der Waals surface area contributed by atoms with Crippen molar-refractivity contribution >= 4 is 23.5 Å². The van der Waals surface area contributed by atoms with E-state index in [0.717, 1.165) is 17.0 Å². The number of ether oxygens (including phenoxy) is 1. The van der Waals surface area contributed by atoms with Gasteiger partial charge < -0.3 is 4.74 Å². The van der Waals surface area contributed by atoms with Crippen molar-refractivity contribution in [2.24, 2.45) is 5.92 Å². The van der Waals surface area contributed by atoms with Crippen LogP contribution >= 0.6 is 0 Å². The van der Waals surface area contributed by atoms with Crippen molar-refractivity contribution in [2.75, 3.05) is 24.6 Å². The number of hydrogen-bond donors (Lipinski definition) is 0. The standard InChI is InChI=1S/C18H20F2N2O4/c1-2-26-18(25)11-4-3-7-21(10-11)15-9-16(23)22(17(15)24)12-5-6-13(19)14(20)8-12/h5-6,8,11,15H,2-4,7,9-10H2,1H3/t11-,15-/m0/s1. The van der Waals surface area contributed by atoms with Gasteiger partial charge in [-0.15, -0.1) is 0 Å². The molecule has 0 saturated carbocycles. The fraction of sp³-hybridized carbons (Fsp3) is 0.500. The smallest absolute Gasteiger partial charge is 0.310 e. The van der Waals surface area contributed by atoms with Crippen LogP contribution in [-0.4, -0.2) is 48.4 Å². The summed E-state index contributed by atoms with van der Waals surface area (Å²) in [6.07, 6.45) is 1.34. The van der Waals surface area contributed by atoms with Crippen molar-refractivity contribution in [3.8, 4) is 0 Å². The second-order valence-corrected chi connectivity index (χ2v) is 6.47. The number of piperidine rings is 1. The molecule has 0 aliphatic carbocycles. The molecular formula is C18H20F2N2O4. The maximum atomic E-state index is 13.5. The second-order valence-electron chi connectivity index (χ2n) is 6.47. The molecule has 0 spiro atoms. The van der Waals surface area contributed by atoms with Gasteiger partial charge in [0.25, 0.3) is 5.91 Å². The molecule has 2 aliphatic rings. The highest BCUT2D eigenvalue weighted by Gasteiger charge is 2.44. The lowest BCUT2D eigenvalue weighted by Crippen LogP contribution is -2.48. The summed E-state index contributed by atoms with van der Waals surface area (Å²) in [5, 5.41) is 0. The minimum atomic E-state index is -1.12. The molecule has 2 fully saturated rings. The Morgan fingerprint density at radius 2 is 2.04 bits per heavy atom. The number of nitrogens with zero attached hydrogens (tertiary/aromatic N) is 2. The van der Waals surface area contributed by atoms with Crippen LogP contribution in [0.4, 0.5) is 14.5 Å². The third kappa shape index (κ3) is 3.46. The van der Waals surface area contributed by atoms with E-state index in [-0.39, 0.29) is 24.0 Å². The molecule has 0 bridgehead atoms. The third-order valence-electron chi connectivity index (χ3n) is 4.80. The van der Waals surface area contributed by atoms with E-state index in [4.69, 9.17) is 4.74 Å². The van der Waals surface area contributed by atoms with Crippen molar-refractivity contribution in [1.29, 1.82) is 0 Å². The van der Waals surface area contributed by atoms with Gasteiger partial charge in [0, 0.05) is 12.6 Å². The molecule has 3 rings (SSSR count). The summed E-state index contributed by atoms with van der Waals surface area (Å²) in [5.74, 6) is -3.74. The lowest BCUT2D eigenvalue weighted by atomic mass is 9.96. The third-order valence-corrected chi connectivity index (χ3v) is 4.80. The van der Waals surface area contributed by atoms with E-state index in [2.05, 4.69) is 0 Å². The highest BCUT2D eigenvalue weighted by atomic mass is 19.2. The molecule has 2 atom stereocenters. The summed E-state index contributed by atoms with van der Waals surface area (Å²) in [5.41, 5.74) is 0.0142. The maximum Gasteiger partial charge on any atom is 0.310 e. The Kier molecular flexibility index (Phi) is 5.31. The van der Waals surface area contributed by atoms with Gasteiger partial charge in [0.1, 0.15) is 0 Å². The van der Waals surface area contributed by atoms with E-state index < -0.39 is 29.5 Å². The molecule has 2 saturated heterocycles. The first kappa shape index (κ1) is 18.4. The minimum absolute atomic E-state index is 0.0142. The monoisotopic (exact) mass is 366 g/mol. The Bertz CT molecular complexity index is 740. The molecule has 1 aromatic carbocycles. The van der Waals surface area contributed by atoms with Crippen molar-refractivity contribution in [1.82, 2.24) is 4.90 Å². The number of carbonyl (C=O) groups excluding carboxylic acids is 3. The van der Waals surface area contributed by atoms with Gasteiger partial charge in [-0.2, -0.15) is 0 Å². The first-order chi connectivity index (χ1) is 12.4. The molecule has 0 unspecified atom stereocenters. The van der Waals surface area contributed by atoms with E-state index in [9.17, 15) is 23.2 Å². The van der Waals surface area contributed by atoms with Gasteiger partial charge in [0.15, 0.2) is 11.6 Å². The second kappa shape index (κ2) is 7.49. The normalized spacial score (nSPS) is 24.2. The van der Waals surface area contributed by atoms with Crippen LogP contribution in [0, 0.1) is 17.6 Å². The number of amides is 2. The molecule has 0 radical (unpaired) electrons. The lowest BCUT2D eigenvalue weighted by Gasteiger charge is -2.34. The van der Waals surface area contributed by atoms with Gasteiger partial charge in [-0.25, -0.2) is 13.7 Å². The molecule has 2 amide bonds. The zero-order valence-corrected chi connectivity index (χ0v) is 14.4. The van der Waals surface area contributed by atoms with Crippen LogP contribution < -0.4 is 4.90 Å². The molecule has 0 aromatic heterocycles. The fourth-order valence-corrected chi connectivity index (χ4v) is 3.54. The molecule has 2 aliphatic heterocycles. The summed E-state index contributed by atoms with van der Waals surface area (Å²) in [6.45, 7) is 2.96. The van der Waals surface area contributed by atoms with Crippen LogP contribution in [0.3, 0.4) is 0 Å². The van der Waals surface area contributed by atoms with Gasteiger partial charge in [-0.05, 0) is 38.4 Å². The highest BCUT2D eigenvalue weighted by Crippen LogP contribution is 2.29. The number of likely N-dealkylation sites (tertiary alicyclic amines) is 1. The topological polar surface area (TPSA) is 66.9 Å². The predicted octanol–water partition coefficient (Wildman–Crippen LogP) is 1.87. The van der Waals surface area contributed by atoms with Gasteiger partial charge >= 0.3 is 5.97 Å². The number of anilines is 1.